The minimum Gasteiger partial charge on any atom is -0.388 e. The molecule has 4 heterocycles. The summed E-state index contributed by atoms with van der Waals surface area (Å²) < 4.78 is 18.7. The average molecular weight is 423 g/mol. The molecule has 0 radical (unpaired) electrons. The third-order valence-corrected chi connectivity index (χ3v) is 5.69. The highest BCUT2D eigenvalue weighted by Gasteiger charge is 2.50. The summed E-state index contributed by atoms with van der Waals surface area (Å²) in [7, 11) is 1.82. The fraction of sp³-hybridized carbons (Fsp3) is 0.737. The second kappa shape index (κ2) is 9.29. The van der Waals surface area contributed by atoms with Crippen molar-refractivity contribution in [2.24, 2.45) is 7.05 Å². The van der Waals surface area contributed by atoms with Gasteiger partial charge in [-0.25, -0.2) is 4.79 Å². The Balaban J connectivity index is 1.18. The van der Waals surface area contributed by atoms with Crippen molar-refractivity contribution in [3.63, 3.8) is 0 Å². The van der Waals surface area contributed by atoms with Crippen LogP contribution in [0.5, 0.6) is 0 Å². The maximum absolute atomic E-state index is 12.2. The molecule has 166 valence electrons. The van der Waals surface area contributed by atoms with Gasteiger partial charge >= 0.3 is 6.03 Å². The Hall–Kier alpha value is -2.21. The van der Waals surface area contributed by atoms with Crippen LogP contribution in [0.15, 0.2) is 12.4 Å². The molecule has 0 spiro atoms. The van der Waals surface area contributed by atoms with Gasteiger partial charge in [-0.05, 0) is 0 Å². The molecule has 11 heteroatoms. The number of amides is 3. The van der Waals surface area contributed by atoms with Crippen LogP contribution in [0.4, 0.5) is 4.79 Å². The van der Waals surface area contributed by atoms with Gasteiger partial charge in [-0.3, -0.25) is 9.48 Å². The summed E-state index contributed by atoms with van der Waals surface area (Å²) in [5, 5.41) is 20.3. The summed E-state index contributed by atoms with van der Waals surface area (Å²) >= 11 is 0. The number of carbonyl (C=O) groups is 2. The van der Waals surface area contributed by atoms with Crippen LogP contribution >= 0.6 is 0 Å². The highest BCUT2D eigenvalue weighted by Crippen LogP contribution is 2.35. The van der Waals surface area contributed by atoms with Crippen LogP contribution in [0.3, 0.4) is 0 Å². The SMILES string of the molecule is Cn1cc(CNC(=O)C[C@@H]2C[C@H]3O[C@H](CNC(=O)N4CCOCC4)[C@@H](O)[C@H]3O2)cn1. The van der Waals surface area contributed by atoms with E-state index in [0.29, 0.717) is 39.3 Å². The van der Waals surface area contributed by atoms with E-state index in [0.717, 1.165) is 5.56 Å². The number of carbonyl (C=O) groups excluding carboxylic acids is 2. The molecule has 0 saturated carbocycles. The van der Waals surface area contributed by atoms with Crippen LogP contribution < -0.4 is 10.6 Å². The third-order valence-electron chi connectivity index (χ3n) is 5.69. The van der Waals surface area contributed by atoms with Gasteiger partial charge in [0.05, 0.1) is 38.0 Å². The van der Waals surface area contributed by atoms with Crippen molar-refractivity contribution >= 4 is 11.9 Å². The number of aliphatic hydroxyl groups is 1. The third kappa shape index (κ3) is 4.91. The van der Waals surface area contributed by atoms with Crippen molar-refractivity contribution in [1.82, 2.24) is 25.3 Å². The maximum Gasteiger partial charge on any atom is 0.317 e. The summed E-state index contributed by atoms with van der Waals surface area (Å²) in [4.78, 5) is 26.1. The number of hydrogen-bond donors (Lipinski definition) is 3. The molecule has 1 aromatic rings. The van der Waals surface area contributed by atoms with Gasteiger partial charge in [-0.15, -0.1) is 0 Å². The zero-order valence-corrected chi connectivity index (χ0v) is 17.0. The Bertz CT molecular complexity index is 752. The number of aliphatic hydroxyl groups excluding tert-OH is 1. The molecule has 3 N–H and O–H groups in total. The summed E-state index contributed by atoms with van der Waals surface area (Å²) in [5.74, 6) is -0.118. The Morgan fingerprint density at radius 3 is 2.77 bits per heavy atom. The zero-order chi connectivity index (χ0) is 21.1. The van der Waals surface area contributed by atoms with Gasteiger partial charge in [0.2, 0.25) is 5.91 Å². The molecule has 30 heavy (non-hydrogen) atoms. The number of aromatic nitrogens is 2. The van der Waals surface area contributed by atoms with E-state index in [2.05, 4.69) is 15.7 Å². The van der Waals surface area contributed by atoms with Crippen molar-refractivity contribution in [3.8, 4) is 0 Å². The first-order valence-electron chi connectivity index (χ1n) is 10.3. The molecule has 4 rings (SSSR count). The number of aryl methyl sites for hydroxylation is 1. The number of nitrogens with zero attached hydrogens (tertiary/aromatic N) is 3. The minimum atomic E-state index is -0.844. The molecule has 3 aliphatic heterocycles. The Kier molecular flexibility index (Phi) is 6.52. The fourth-order valence-corrected chi connectivity index (χ4v) is 4.12. The molecular formula is C19H29N5O6. The molecule has 0 aromatic carbocycles. The van der Waals surface area contributed by atoms with Crippen LogP contribution in [0.2, 0.25) is 0 Å². The standard InChI is InChI=1S/C19H29N5O6/c1-23-11-12(9-22-23)8-20-16(25)7-13-6-14-18(29-13)17(26)15(30-14)10-21-19(27)24-2-4-28-5-3-24/h9,11,13-15,17-18,26H,2-8,10H2,1H3,(H,20,25)(H,21,27)/t13-,14+,15+,17+,18-/m0/s1. The molecule has 5 atom stereocenters. The van der Waals surface area contributed by atoms with Crippen molar-refractivity contribution < 1.29 is 28.9 Å². The molecule has 0 unspecified atom stereocenters. The number of urea groups is 1. The molecule has 3 saturated heterocycles. The van der Waals surface area contributed by atoms with Crippen LogP contribution in [0, 0.1) is 0 Å². The normalized spacial score (nSPS) is 30.9. The van der Waals surface area contributed by atoms with E-state index in [1.165, 1.54) is 0 Å². The first-order chi connectivity index (χ1) is 14.5. The molecule has 0 aliphatic carbocycles. The second-order valence-corrected chi connectivity index (χ2v) is 7.95. The van der Waals surface area contributed by atoms with Gasteiger partial charge < -0.3 is 34.9 Å². The lowest BCUT2D eigenvalue weighted by Crippen LogP contribution is -2.49. The molecule has 1 aromatic heterocycles. The van der Waals surface area contributed by atoms with Gasteiger partial charge in [0.1, 0.15) is 18.3 Å². The van der Waals surface area contributed by atoms with Gasteiger partial charge in [0, 0.05) is 51.4 Å². The Morgan fingerprint density at radius 2 is 2.07 bits per heavy atom. The second-order valence-electron chi connectivity index (χ2n) is 7.95. The number of fused-ring (bicyclic) bond motifs is 1. The first-order valence-corrected chi connectivity index (χ1v) is 10.3. The van der Waals surface area contributed by atoms with Crippen molar-refractivity contribution in [3.05, 3.63) is 18.0 Å². The van der Waals surface area contributed by atoms with Gasteiger partial charge in [0.15, 0.2) is 0 Å². The predicted molar refractivity (Wildman–Crippen MR) is 103 cm³/mol. The van der Waals surface area contributed by atoms with Crippen molar-refractivity contribution in [1.29, 1.82) is 0 Å². The van der Waals surface area contributed by atoms with E-state index in [1.54, 1.807) is 15.8 Å². The molecular weight excluding hydrogens is 394 g/mol. The van der Waals surface area contributed by atoms with Crippen LogP contribution in [-0.2, 0) is 32.6 Å². The molecule has 3 aliphatic rings. The van der Waals surface area contributed by atoms with Gasteiger partial charge in [-0.1, -0.05) is 0 Å². The monoisotopic (exact) mass is 423 g/mol. The number of nitrogens with one attached hydrogen (secondary N) is 2. The lowest BCUT2D eigenvalue weighted by atomic mass is 10.1. The average Bonchev–Trinajstić information content (AvgIpc) is 3.41. The summed E-state index contributed by atoms with van der Waals surface area (Å²) in [6.07, 6.45) is 1.88. The zero-order valence-electron chi connectivity index (χ0n) is 17.0. The van der Waals surface area contributed by atoms with Crippen LogP contribution in [0.25, 0.3) is 0 Å². The van der Waals surface area contributed by atoms with Crippen LogP contribution in [0.1, 0.15) is 18.4 Å². The highest BCUT2D eigenvalue weighted by molar-refractivity contribution is 5.76. The summed E-state index contributed by atoms with van der Waals surface area (Å²) in [5.41, 5.74) is 0.927. The summed E-state index contributed by atoms with van der Waals surface area (Å²) in [6, 6.07) is -0.185. The van der Waals surface area contributed by atoms with E-state index in [1.807, 2.05) is 13.2 Å². The van der Waals surface area contributed by atoms with Gasteiger partial charge in [-0.2, -0.15) is 5.10 Å². The number of morpholine rings is 1. The predicted octanol–water partition coefficient (Wildman–Crippen LogP) is -1.25. The largest absolute Gasteiger partial charge is 0.388 e. The molecule has 11 nitrogen and oxygen atoms in total. The van der Waals surface area contributed by atoms with Crippen LogP contribution in [-0.4, -0.2) is 95.1 Å². The lowest BCUT2D eigenvalue weighted by Gasteiger charge is -2.28. The lowest BCUT2D eigenvalue weighted by molar-refractivity contribution is -0.124. The van der Waals surface area contributed by atoms with E-state index < -0.39 is 18.3 Å². The molecule has 3 amide bonds. The van der Waals surface area contributed by atoms with Crippen molar-refractivity contribution in [2.75, 3.05) is 32.8 Å². The van der Waals surface area contributed by atoms with E-state index in [9.17, 15) is 14.7 Å². The Labute approximate surface area is 174 Å². The van der Waals surface area contributed by atoms with E-state index in [-0.39, 0.29) is 37.1 Å². The maximum atomic E-state index is 12.2. The van der Waals surface area contributed by atoms with E-state index in [4.69, 9.17) is 14.2 Å². The first kappa shape index (κ1) is 21.0. The van der Waals surface area contributed by atoms with E-state index >= 15 is 0 Å². The highest BCUT2D eigenvalue weighted by atomic mass is 16.6. The minimum absolute atomic E-state index is 0.118. The number of hydrogen-bond acceptors (Lipinski definition) is 7. The molecule has 0 bridgehead atoms. The topological polar surface area (TPSA) is 127 Å². The summed E-state index contributed by atoms with van der Waals surface area (Å²) in [6.45, 7) is 2.80. The number of ether oxygens (including phenoxy) is 3. The quantitative estimate of drug-likeness (QED) is 0.522. The van der Waals surface area contributed by atoms with Crippen molar-refractivity contribution in [2.45, 2.75) is 49.9 Å². The fourth-order valence-electron chi connectivity index (χ4n) is 4.12. The number of rotatable bonds is 6. The van der Waals surface area contributed by atoms with Gasteiger partial charge in [0.25, 0.3) is 0 Å². The smallest absolute Gasteiger partial charge is 0.317 e. The molecule has 3 fully saturated rings. The Morgan fingerprint density at radius 1 is 1.27 bits per heavy atom.